The van der Waals surface area contributed by atoms with Crippen LogP contribution in [-0.2, 0) is 0 Å². The average molecular weight is 245 g/mol. The Kier molecular flexibility index (Phi) is 3.24. The van der Waals surface area contributed by atoms with Crippen molar-refractivity contribution in [3.8, 4) is 22.9 Å². The number of rotatable bonds is 2. The Hall–Kier alpha value is -2.41. The molecule has 0 saturated heterocycles. The van der Waals surface area contributed by atoms with Crippen LogP contribution in [0.1, 0.15) is 5.56 Å². The van der Waals surface area contributed by atoms with Crippen LogP contribution in [0.5, 0.6) is 5.75 Å². The predicted molar refractivity (Wildman–Crippen MR) is 63.1 cm³/mol. The molecule has 2 aromatic carbocycles. The van der Waals surface area contributed by atoms with Gasteiger partial charge in [-0.2, -0.15) is 5.26 Å². The Morgan fingerprint density at radius 3 is 2.28 bits per heavy atom. The summed E-state index contributed by atoms with van der Waals surface area (Å²) in [5.41, 5.74) is 1.08. The molecule has 18 heavy (non-hydrogen) atoms. The van der Waals surface area contributed by atoms with Crippen molar-refractivity contribution in [3.63, 3.8) is 0 Å². The molecule has 0 atom stereocenters. The minimum atomic E-state index is -0.684. The smallest absolute Gasteiger partial charge is 0.126 e. The Balaban J connectivity index is 2.65. The van der Waals surface area contributed by atoms with Crippen molar-refractivity contribution in [2.45, 2.75) is 0 Å². The average Bonchev–Trinajstić information content (AvgIpc) is 2.36. The van der Waals surface area contributed by atoms with Crippen LogP contribution in [0.3, 0.4) is 0 Å². The van der Waals surface area contributed by atoms with Crippen molar-refractivity contribution >= 4 is 0 Å². The van der Waals surface area contributed by atoms with Gasteiger partial charge in [-0.3, -0.25) is 0 Å². The minimum Gasteiger partial charge on any atom is -0.497 e. The normalized spacial score (nSPS) is 9.89. The van der Waals surface area contributed by atoms with Crippen LogP contribution in [0.2, 0.25) is 0 Å². The fourth-order valence-electron chi connectivity index (χ4n) is 1.70. The minimum absolute atomic E-state index is 0.308. The summed E-state index contributed by atoms with van der Waals surface area (Å²) in [6, 6.07) is 9.88. The lowest BCUT2D eigenvalue weighted by Gasteiger charge is -2.07. The maximum Gasteiger partial charge on any atom is 0.126 e. The van der Waals surface area contributed by atoms with E-state index >= 15 is 0 Å². The van der Waals surface area contributed by atoms with E-state index in [1.165, 1.54) is 19.2 Å². The Bertz CT molecular complexity index is 612. The predicted octanol–water partition coefficient (Wildman–Crippen LogP) is 3.51. The van der Waals surface area contributed by atoms with Gasteiger partial charge in [0.1, 0.15) is 17.4 Å². The molecule has 0 aromatic heterocycles. The molecule has 0 bridgehead atoms. The zero-order valence-corrected chi connectivity index (χ0v) is 9.58. The molecule has 0 aliphatic carbocycles. The molecule has 0 N–H and O–H groups in total. The Morgan fingerprint density at radius 1 is 1.06 bits per heavy atom. The Labute approximate surface area is 103 Å². The van der Waals surface area contributed by atoms with Crippen molar-refractivity contribution in [1.29, 1.82) is 5.26 Å². The second-order valence-electron chi connectivity index (χ2n) is 3.68. The van der Waals surface area contributed by atoms with E-state index in [4.69, 9.17) is 10.00 Å². The summed E-state index contributed by atoms with van der Waals surface area (Å²) in [6.45, 7) is 0. The van der Waals surface area contributed by atoms with E-state index < -0.39 is 11.6 Å². The summed E-state index contributed by atoms with van der Waals surface area (Å²) in [4.78, 5) is 0. The molecule has 90 valence electrons. The first-order valence-corrected chi connectivity index (χ1v) is 5.18. The second-order valence-corrected chi connectivity index (χ2v) is 3.68. The van der Waals surface area contributed by atoms with Gasteiger partial charge >= 0.3 is 0 Å². The SMILES string of the molecule is COc1ccc(C#N)c(-c2cc(F)cc(F)c2)c1. The fourth-order valence-corrected chi connectivity index (χ4v) is 1.70. The molecule has 2 nitrogen and oxygen atoms in total. The number of benzene rings is 2. The molecular formula is C14H9F2NO. The van der Waals surface area contributed by atoms with E-state index in [1.54, 1.807) is 18.2 Å². The molecule has 0 radical (unpaired) electrons. The van der Waals surface area contributed by atoms with Crippen LogP contribution in [0.4, 0.5) is 8.78 Å². The number of ether oxygens (including phenoxy) is 1. The lowest BCUT2D eigenvalue weighted by atomic mass is 10.00. The zero-order chi connectivity index (χ0) is 13.1. The number of hydrogen-bond acceptors (Lipinski definition) is 2. The maximum atomic E-state index is 13.2. The number of methoxy groups -OCH3 is 1. The quantitative estimate of drug-likeness (QED) is 0.811. The van der Waals surface area contributed by atoms with Gasteiger partial charge in [0.2, 0.25) is 0 Å². The van der Waals surface area contributed by atoms with Crippen LogP contribution < -0.4 is 4.74 Å². The van der Waals surface area contributed by atoms with Gasteiger partial charge in [0.15, 0.2) is 0 Å². The van der Waals surface area contributed by atoms with Gasteiger partial charge in [-0.05, 0) is 35.9 Å². The largest absolute Gasteiger partial charge is 0.497 e. The lowest BCUT2D eigenvalue weighted by Crippen LogP contribution is -1.90. The van der Waals surface area contributed by atoms with Gasteiger partial charge in [-0.1, -0.05) is 0 Å². The van der Waals surface area contributed by atoms with E-state index in [2.05, 4.69) is 0 Å². The van der Waals surface area contributed by atoms with Crippen molar-refractivity contribution in [1.82, 2.24) is 0 Å². The summed E-state index contributed by atoms with van der Waals surface area (Å²) in [6.07, 6.45) is 0. The monoisotopic (exact) mass is 245 g/mol. The molecule has 0 saturated carbocycles. The van der Waals surface area contributed by atoms with E-state index in [-0.39, 0.29) is 0 Å². The van der Waals surface area contributed by atoms with Crippen molar-refractivity contribution in [2.24, 2.45) is 0 Å². The highest BCUT2D eigenvalue weighted by Gasteiger charge is 2.09. The van der Waals surface area contributed by atoms with Gasteiger partial charge in [-0.25, -0.2) is 8.78 Å². The third kappa shape index (κ3) is 2.30. The molecule has 0 spiro atoms. The summed E-state index contributed by atoms with van der Waals surface area (Å²) in [7, 11) is 1.48. The van der Waals surface area contributed by atoms with Crippen LogP contribution in [-0.4, -0.2) is 7.11 Å². The van der Waals surface area contributed by atoms with Gasteiger partial charge in [0.05, 0.1) is 18.7 Å². The summed E-state index contributed by atoms with van der Waals surface area (Å²) >= 11 is 0. The number of nitriles is 1. The number of hydrogen-bond donors (Lipinski definition) is 0. The highest BCUT2D eigenvalue weighted by atomic mass is 19.1. The lowest BCUT2D eigenvalue weighted by molar-refractivity contribution is 0.415. The van der Waals surface area contributed by atoms with Crippen molar-refractivity contribution < 1.29 is 13.5 Å². The molecule has 4 heteroatoms. The second kappa shape index (κ2) is 4.84. The van der Waals surface area contributed by atoms with E-state index in [1.807, 2.05) is 6.07 Å². The number of nitrogens with zero attached hydrogens (tertiary/aromatic N) is 1. The van der Waals surface area contributed by atoms with Gasteiger partial charge in [-0.15, -0.1) is 0 Å². The third-order valence-corrected chi connectivity index (χ3v) is 2.52. The summed E-state index contributed by atoms with van der Waals surface area (Å²) < 4.78 is 31.4. The highest BCUT2D eigenvalue weighted by molar-refractivity contribution is 5.72. The first-order valence-electron chi connectivity index (χ1n) is 5.18. The van der Waals surface area contributed by atoms with Crippen molar-refractivity contribution in [2.75, 3.05) is 7.11 Å². The molecule has 0 unspecified atom stereocenters. The van der Waals surface area contributed by atoms with E-state index in [9.17, 15) is 8.78 Å². The first kappa shape index (κ1) is 12.1. The Morgan fingerprint density at radius 2 is 1.72 bits per heavy atom. The van der Waals surface area contributed by atoms with Crippen LogP contribution >= 0.6 is 0 Å². The standard InChI is InChI=1S/C14H9F2NO/c1-18-13-3-2-9(8-17)14(7-13)10-4-11(15)6-12(16)5-10/h2-7H,1H3. The first-order chi connectivity index (χ1) is 8.63. The highest BCUT2D eigenvalue weighted by Crippen LogP contribution is 2.28. The molecule has 2 aromatic rings. The molecule has 2 rings (SSSR count). The van der Waals surface area contributed by atoms with Crippen molar-refractivity contribution in [3.05, 3.63) is 53.6 Å². The van der Waals surface area contributed by atoms with Gasteiger partial charge < -0.3 is 4.74 Å². The fraction of sp³-hybridized carbons (Fsp3) is 0.0714. The van der Waals surface area contributed by atoms with Crippen LogP contribution in [0, 0.1) is 23.0 Å². The molecule has 0 amide bonds. The van der Waals surface area contributed by atoms with Gasteiger partial charge in [0, 0.05) is 11.6 Å². The molecule has 0 heterocycles. The topological polar surface area (TPSA) is 33.0 Å². The summed E-state index contributed by atoms with van der Waals surface area (Å²) in [5.74, 6) is -0.845. The molecule has 0 aliphatic rings. The van der Waals surface area contributed by atoms with Crippen LogP contribution in [0.25, 0.3) is 11.1 Å². The number of halogens is 2. The van der Waals surface area contributed by atoms with Gasteiger partial charge in [0.25, 0.3) is 0 Å². The molecule has 0 fully saturated rings. The third-order valence-electron chi connectivity index (χ3n) is 2.52. The maximum absolute atomic E-state index is 13.2. The molecule has 0 aliphatic heterocycles. The van der Waals surface area contributed by atoms with E-state index in [0.29, 0.717) is 22.4 Å². The van der Waals surface area contributed by atoms with E-state index in [0.717, 1.165) is 6.07 Å². The zero-order valence-electron chi connectivity index (χ0n) is 9.58. The molecular weight excluding hydrogens is 236 g/mol. The summed E-state index contributed by atoms with van der Waals surface area (Å²) in [5, 5.41) is 9.00. The van der Waals surface area contributed by atoms with Crippen LogP contribution in [0.15, 0.2) is 36.4 Å².